The van der Waals surface area contributed by atoms with Crippen LogP contribution in [0, 0.1) is 18.7 Å². The normalized spacial score (nSPS) is 17.1. The number of hydrogen-bond acceptors (Lipinski definition) is 4. The number of hydrogen-bond donors (Lipinski definition) is 1. The van der Waals surface area contributed by atoms with Crippen molar-refractivity contribution < 1.29 is 19.1 Å². The van der Waals surface area contributed by atoms with Gasteiger partial charge in [-0.25, -0.2) is 9.07 Å². The molecule has 7 nitrogen and oxygen atoms in total. The molecule has 1 aromatic carbocycles. The SMILES string of the molecule is Cc1c(C(=O)N2CCCC(CCC(=O)O)C2)nnn1-c1ccc(Cl)cc1F. The number of carbonyl (C=O) groups is 2. The van der Waals surface area contributed by atoms with Crippen LogP contribution >= 0.6 is 11.6 Å². The molecule has 0 spiro atoms. The number of carboxylic acid groups (broad SMARTS) is 1. The predicted octanol–water partition coefficient (Wildman–Crippen LogP) is 3.09. The van der Waals surface area contributed by atoms with Gasteiger partial charge in [0, 0.05) is 24.5 Å². The molecular weight excluding hydrogens is 375 g/mol. The van der Waals surface area contributed by atoms with Crippen LogP contribution in [-0.4, -0.2) is 50.0 Å². The molecule has 2 aromatic rings. The Morgan fingerprint density at radius 1 is 1.41 bits per heavy atom. The molecule has 0 radical (unpaired) electrons. The smallest absolute Gasteiger partial charge is 0.303 e. The summed E-state index contributed by atoms with van der Waals surface area (Å²) in [6.45, 7) is 2.74. The highest BCUT2D eigenvalue weighted by Gasteiger charge is 2.28. The van der Waals surface area contributed by atoms with Crippen molar-refractivity contribution in [3.63, 3.8) is 0 Å². The van der Waals surface area contributed by atoms with Crippen LogP contribution in [0.1, 0.15) is 41.9 Å². The van der Waals surface area contributed by atoms with Crippen molar-refractivity contribution in [1.29, 1.82) is 0 Å². The van der Waals surface area contributed by atoms with Gasteiger partial charge in [-0.1, -0.05) is 16.8 Å². The molecule has 1 unspecified atom stereocenters. The van der Waals surface area contributed by atoms with Gasteiger partial charge in [0.05, 0.1) is 5.69 Å². The second-order valence-corrected chi connectivity index (χ2v) is 7.16. The van der Waals surface area contributed by atoms with Gasteiger partial charge < -0.3 is 10.0 Å². The molecule has 9 heteroatoms. The number of carbonyl (C=O) groups excluding carboxylic acids is 1. The van der Waals surface area contributed by atoms with Crippen molar-refractivity contribution in [3.8, 4) is 5.69 Å². The van der Waals surface area contributed by atoms with E-state index in [4.69, 9.17) is 16.7 Å². The summed E-state index contributed by atoms with van der Waals surface area (Å²) in [7, 11) is 0. The van der Waals surface area contributed by atoms with E-state index in [2.05, 4.69) is 10.3 Å². The number of piperidine rings is 1. The molecule has 27 heavy (non-hydrogen) atoms. The Morgan fingerprint density at radius 2 is 2.19 bits per heavy atom. The Labute approximate surface area is 160 Å². The van der Waals surface area contributed by atoms with E-state index >= 15 is 0 Å². The monoisotopic (exact) mass is 394 g/mol. The summed E-state index contributed by atoms with van der Waals surface area (Å²) in [6, 6.07) is 4.20. The van der Waals surface area contributed by atoms with Crippen LogP contribution in [0.15, 0.2) is 18.2 Å². The number of amides is 1. The van der Waals surface area contributed by atoms with E-state index in [1.54, 1.807) is 17.9 Å². The predicted molar refractivity (Wildman–Crippen MR) is 96.6 cm³/mol. The quantitative estimate of drug-likeness (QED) is 0.841. The first-order valence-electron chi connectivity index (χ1n) is 8.75. The van der Waals surface area contributed by atoms with Gasteiger partial charge >= 0.3 is 5.97 Å². The minimum atomic E-state index is -0.831. The third-order valence-corrected chi connectivity index (χ3v) is 5.04. The van der Waals surface area contributed by atoms with Crippen molar-refractivity contribution in [2.45, 2.75) is 32.6 Å². The van der Waals surface area contributed by atoms with Crippen molar-refractivity contribution >= 4 is 23.5 Å². The summed E-state index contributed by atoms with van der Waals surface area (Å²) in [6.07, 6.45) is 2.35. The lowest BCUT2D eigenvalue weighted by Crippen LogP contribution is -2.40. The van der Waals surface area contributed by atoms with Gasteiger partial charge in [-0.05, 0) is 50.3 Å². The molecule has 1 N–H and O–H groups in total. The molecule has 1 saturated heterocycles. The van der Waals surface area contributed by atoms with Crippen LogP contribution in [0.25, 0.3) is 5.69 Å². The van der Waals surface area contributed by atoms with Crippen LogP contribution in [-0.2, 0) is 4.79 Å². The van der Waals surface area contributed by atoms with Crippen molar-refractivity contribution in [3.05, 3.63) is 40.4 Å². The molecule has 1 amide bonds. The lowest BCUT2D eigenvalue weighted by Gasteiger charge is -2.32. The third-order valence-electron chi connectivity index (χ3n) is 4.81. The molecule has 0 saturated carbocycles. The average molecular weight is 395 g/mol. The Kier molecular flexibility index (Phi) is 5.74. The van der Waals surface area contributed by atoms with Gasteiger partial charge in [0.15, 0.2) is 5.69 Å². The maximum absolute atomic E-state index is 14.2. The largest absolute Gasteiger partial charge is 0.481 e. The van der Waals surface area contributed by atoms with Gasteiger partial charge in [-0.15, -0.1) is 5.10 Å². The molecule has 1 aliphatic heterocycles. The molecular formula is C18H20ClFN4O3. The molecule has 1 aliphatic rings. The number of nitrogens with zero attached hydrogens (tertiary/aromatic N) is 4. The van der Waals surface area contributed by atoms with Crippen LogP contribution in [0.2, 0.25) is 5.02 Å². The zero-order chi connectivity index (χ0) is 19.6. The maximum Gasteiger partial charge on any atom is 0.303 e. The average Bonchev–Trinajstić information content (AvgIpc) is 3.01. The summed E-state index contributed by atoms with van der Waals surface area (Å²) in [5, 5.41) is 17.0. The third kappa shape index (κ3) is 4.27. The first-order valence-corrected chi connectivity index (χ1v) is 9.13. The zero-order valence-corrected chi connectivity index (χ0v) is 15.6. The fourth-order valence-electron chi connectivity index (χ4n) is 3.37. The lowest BCUT2D eigenvalue weighted by molar-refractivity contribution is -0.137. The standard InChI is InChI=1S/C18H20ClFN4O3/c1-11-17(21-22-24(11)15-6-5-13(19)9-14(15)20)18(27)23-8-2-3-12(10-23)4-7-16(25)26/h5-6,9,12H,2-4,7-8,10H2,1H3,(H,25,26). The Balaban J connectivity index is 1.77. The number of likely N-dealkylation sites (tertiary alicyclic amines) is 1. The van der Waals surface area contributed by atoms with Gasteiger partial charge in [0.25, 0.3) is 5.91 Å². The topological polar surface area (TPSA) is 88.3 Å². The van der Waals surface area contributed by atoms with Crippen molar-refractivity contribution in [2.75, 3.05) is 13.1 Å². The first-order chi connectivity index (χ1) is 12.9. The van der Waals surface area contributed by atoms with E-state index < -0.39 is 11.8 Å². The number of aliphatic carboxylic acids is 1. The van der Waals surface area contributed by atoms with E-state index in [9.17, 15) is 14.0 Å². The number of carboxylic acids is 1. The number of halogens is 2. The molecule has 1 atom stereocenters. The first kappa shape index (κ1) is 19.3. The zero-order valence-electron chi connectivity index (χ0n) is 14.9. The van der Waals surface area contributed by atoms with Crippen LogP contribution < -0.4 is 0 Å². The van der Waals surface area contributed by atoms with Crippen molar-refractivity contribution in [1.82, 2.24) is 19.9 Å². The Morgan fingerprint density at radius 3 is 2.89 bits per heavy atom. The number of benzene rings is 1. The molecule has 2 heterocycles. The molecule has 0 aliphatic carbocycles. The number of rotatable bonds is 5. The highest BCUT2D eigenvalue weighted by atomic mass is 35.5. The van der Waals surface area contributed by atoms with Crippen LogP contribution in [0.5, 0.6) is 0 Å². The van der Waals surface area contributed by atoms with Gasteiger partial charge in [0.1, 0.15) is 11.5 Å². The lowest BCUT2D eigenvalue weighted by atomic mass is 9.93. The van der Waals surface area contributed by atoms with Gasteiger partial charge in [-0.2, -0.15) is 0 Å². The summed E-state index contributed by atoms with van der Waals surface area (Å²) >= 11 is 5.78. The molecule has 1 fully saturated rings. The summed E-state index contributed by atoms with van der Waals surface area (Å²) in [5.41, 5.74) is 0.776. The summed E-state index contributed by atoms with van der Waals surface area (Å²) < 4.78 is 15.4. The van der Waals surface area contributed by atoms with E-state index in [0.717, 1.165) is 12.8 Å². The highest BCUT2D eigenvalue weighted by molar-refractivity contribution is 6.30. The highest BCUT2D eigenvalue weighted by Crippen LogP contribution is 2.24. The van der Waals surface area contributed by atoms with Crippen LogP contribution in [0.4, 0.5) is 4.39 Å². The maximum atomic E-state index is 14.2. The minimum Gasteiger partial charge on any atom is -0.481 e. The van der Waals surface area contributed by atoms with E-state index in [1.807, 2.05) is 0 Å². The minimum absolute atomic E-state index is 0.0950. The molecule has 0 bridgehead atoms. The molecule has 3 rings (SSSR count). The van der Waals surface area contributed by atoms with E-state index in [1.165, 1.54) is 16.8 Å². The Bertz CT molecular complexity index is 870. The molecule has 144 valence electrons. The van der Waals surface area contributed by atoms with E-state index in [0.29, 0.717) is 25.2 Å². The fourth-order valence-corrected chi connectivity index (χ4v) is 3.53. The second kappa shape index (κ2) is 8.04. The summed E-state index contributed by atoms with van der Waals surface area (Å²) in [5.74, 6) is -1.50. The Hall–Kier alpha value is -2.48. The molecule has 1 aromatic heterocycles. The van der Waals surface area contributed by atoms with Gasteiger partial charge in [0.2, 0.25) is 0 Å². The second-order valence-electron chi connectivity index (χ2n) is 6.72. The van der Waals surface area contributed by atoms with Crippen LogP contribution in [0.3, 0.4) is 0 Å². The van der Waals surface area contributed by atoms with Crippen molar-refractivity contribution in [2.24, 2.45) is 5.92 Å². The summed E-state index contributed by atoms with van der Waals surface area (Å²) in [4.78, 5) is 25.3. The van der Waals surface area contributed by atoms with E-state index in [-0.39, 0.29) is 34.6 Å². The van der Waals surface area contributed by atoms with Gasteiger partial charge in [-0.3, -0.25) is 9.59 Å². The fraction of sp³-hybridized carbons (Fsp3) is 0.444. The number of aromatic nitrogens is 3.